The minimum atomic E-state index is -0.398. The molecule has 1 fully saturated rings. The summed E-state index contributed by atoms with van der Waals surface area (Å²) in [6.07, 6.45) is 8.73. The van der Waals surface area contributed by atoms with Gasteiger partial charge in [-0.05, 0) is 18.9 Å². The van der Waals surface area contributed by atoms with Gasteiger partial charge in [0.1, 0.15) is 0 Å². The van der Waals surface area contributed by atoms with Crippen LogP contribution in [-0.4, -0.2) is 33.0 Å². The molecule has 0 bridgehead atoms. The number of rotatable bonds is 3. The van der Waals surface area contributed by atoms with Crippen LogP contribution in [0.15, 0.2) is 21.9 Å². The highest BCUT2D eigenvalue weighted by Crippen LogP contribution is 2.22. The van der Waals surface area contributed by atoms with Crippen LogP contribution in [-0.2, 0) is 18.9 Å². The number of hydrogen-bond acceptors (Lipinski definition) is 3. The van der Waals surface area contributed by atoms with Crippen LogP contribution in [0.1, 0.15) is 31.2 Å². The molecule has 1 aliphatic carbocycles. The summed E-state index contributed by atoms with van der Waals surface area (Å²) in [4.78, 5) is 37.4. The maximum Gasteiger partial charge on any atom is 0.330 e. The van der Waals surface area contributed by atoms with E-state index in [4.69, 9.17) is 0 Å². The Balaban J connectivity index is 2.19. The standard InChI is InChI=1S/C15H21N3O3/c1-16-10-11(14(20)18(3)15(16)21)8-9-13(19)17(2)12-6-4-5-7-12/h8-10,12H,4-7H2,1-3H3/b9-8+. The zero-order chi connectivity index (χ0) is 15.6. The van der Waals surface area contributed by atoms with Gasteiger partial charge in [0.2, 0.25) is 5.91 Å². The zero-order valence-corrected chi connectivity index (χ0v) is 12.7. The van der Waals surface area contributed by atoms with E-state index in [1.165, 1.54) is 30.0 Å². The topological polar surface area (TPSA) is 64.3 Å². The van der Waals surface area contributed by atoms with Gasteiger partial charge in [0, 0.05) is 39.5 Å². The smallest absolute Gasteiger partial charge is 0.330 e. The Labute approximate surface area is 123 Å². The molecule has 0 atom stereocenters. The largest absolute Gasteiger partial charge is 0.339 e. The third kappa shape index (κ3) is 3.15. The molecule has 1 aromatic rings. The van der Waals surface area contributed by atoms with Gasteiger partial charge in [0.25, 0.3) is 5.56 Å². The Morgan fingerprint density at radius 1 is 1.29 bits per heavy atom. The molecule has 0 saturated heterocycles. The zero-order valence-electron chi connectivity index (χ0n) is 12.7. The second kappa shape index (κ2) is 6.11. The third-order valence-electron chi connectivity index (χ3n) is 4.10. The van der Waals surface area contributed by atoms with E-state index in [9.17, 15) is 14.4 Å². The lowest BCUT2D eigenvalue weighted by molar-refractivity contribution is -0.126. The van der Waals surface area contributed by atoms with E-state index in [-0.39, 0.29) is 11.6 Å². The molecule has 0 aromatic carbocycles. The second-order valence-electron chi connectivity index (χ2n) is 5.56. The molecule has 6 nitrogen and oxygen atoms in total. The van der Waals surface area contributed by atoms with Crippen LogP contribution in [0, 0.1) is 0 Å². The first-order valence-corrected chi connectivity index (χ1v) is 7.13. The van der Waals surface area contributed by atoms with Gasteiger partial charge in [0.05, 0.1) is 5.56 Å². The van der Waals surface area contributed by atoms with Crippen LogP contribution in [0.2, 0.25) is 0 Å². The van der Waals surface area contributed by atoms with Crippen LogP contribution in [0.25, 0.3) is 6.08 Å². The van der Waals surface area contributed by atoms with Gasteiger partial charge in [-0.25, -0.2) is 4.79 Å². The lowest BCUT2D eigenvalue weighted by Crippen LogP contribution is -2.37. The van der Waals surface area contributed by atoms with Crippen molar-refractivity contribution in [2.24, 2.45) is 14.1 Å². The van der Waals surface area contributed by atoms with Crippen molar-refractivity contribution in [3.05, 3.63) is 38.7 Å². The summed E-state index contributed by atoms with van der Waals surface area (Å²) in [5.74, 6) is -0.113. The highest BCUT2D eigenvalue weighted by molar-refractivity contribution is 5.91. The Morgan fingerprint density at radius 3 is 2.52 bits per heavy atom. The molecule has 114 valence electrons. The molecule has 1 heterocycles. The summed E-state index contributed by atoms with van der Waals surface area (Å²) in [7, 11) is 4.79. The fourth-order valence-electron chi connectivity index (χ4n) is 2.70. The van der Waals surface area contributed by atoms with Crippen LogP contribution in [0.3, 0.4) is 0 Å². The fourth-order valence-corrected chi connectivity index (χ4v) is 2.70. The fraction of sp³-hybridized carbons (Fsp3) is 0.533. The molecule has 1 saturated carbocycles. The summed E-state index contributed by atoms with van der Waals surface area (Å²) >= 11 is 0. The van der Waals surface area contributed by atoms with Gasteiger partial charge in [-0.3, -0.25) is 14.2 Å². The summed E-state index contributed by atoms with van der Waals surface area (Å²) in [6.45, 7) is 0. The van der Waals surface area contributed by atoms with E-state index in [1.807, 2.05) is 0 Å². The average Bonchev–Trinajstić information content (AvgIpc) is 3.00. The number of aryl methyl sites for hydroxylation is 1. The molecule has 2 rings (SSSR count). The molecule has 0 aliphatic heterocycles. The number of hydrogen-bond donors (Lipinski definition) is 0. The molecule has 21 heavy (non-hydrogen) atoms. The van der Waals surface area contributed by atoms with Crippen molar-refractivity contribution in [3.63, 3.8) is 0 Å². The molecule has 0 radical (unpaired) electrons. The molecule has 1 amide bonds. The minimum absolute atomic E-state index is 0.113. The Hall–Kier alpha value is -2.11. The van der Waals surface area contributed by atoms with E-state index < -0.39 is 5.56 Å². The van der Waals surface area contributed by atoms with Gasteiger partial charge in [-0.2, -0.15) is 0 Å². The molecule has 6 heteroatoms. The minimum Gasteiger partial charge on any atom is -0.339 e. The van der Waals surface area contributed by atoms with Crippen molar-refractivity contribution >= 4 is 12.0 Å². The summed E-state index contributed by atoms with van der Waals surface area (Å²) in [5.41, 5.74) is -0.454. The van der Waals surface area contributed by atoms with E-state index in [0.717, 1.165) is 30.3 Å². The predicted octanol–water partition coefficient (Wildman–Crippen LogP) is 0.498. The van der Waals surface area contributed by atoms with Gasteiger partial charge < -0.3 is 9.47 Å². The first-order chi connectivity index (χ1) is 9.91. The van der Waals surface area contributed by atoms with E-state index in [0.29, 0.717) is 11.6 Å². The number of aromatic nitrogens is 2. The molecular weight excluding hydrogens is 270 g/mol. The van der Waals surface area contributed by atoms with Crippen molar-refractivity contribution in [2.45, 2.75) is 31.7 Å². The maximum atomic E-state index is 12.1. The maximum absolute atomic E-state index is 12.1. The van der Waals surface area contributed by atoms with Gasteiger partial charge in [-0.15, -0.1) is 0 Å². The number of nitrogens with zero attached hydrogens (tertiary/aromatic N) is 3. The quantitative estimate of drug-likeness (QED) is 0.762. The number of amides is 1. The normalized spacial score (nSPS) is 15.8. The molecule has 0 N–H and O–H groups in total. The van der Waals surface area contributed by atoms with Crippen molar-refractivity contribution in [3.8, 4) is 0 Å². The highest BCUT2D eigenvalue weighted by atomic mass is 16.2. The third-order valence-corrected chi connectivity index (χ3v) is 4.10. The predicted molar refractivity (Wildman–Crippen MR) is 81.0 cm³/mol. The number of likely N-dealkylation sites (N-methyl/N-ethyl adjacent to an activating group) is 1. The lowest BCUT2D eigenvalue weighted by atomic mass is 10.2. The lowest BCUT2D eigenvalue weighted by Gasteiger charge is -2.22. The Kier molecular flexibility index (Phi) is 4.45. The molecule has 1 aromatic heterocycles. The van der Waals surface area contributed by atoms with Crippen LogP contribution in [0.5, 0.6) is 0 Å². The van der Waals surface area contributed by atoms with Crippen LogP contribution >= 0.6 is 0 Å². The molecular formula is C15H21N3O3. The first-order valence-electron chi connectivity index (χ1n) is 7.13. The second-order valence-corrected chi connectivity index (χ2v) is 5.56. The van der Waals surface area contributed by atoms with Crippen LogP contribution < -0.4 is 11.2 Å². The van der Waals surface area contributed by atoms with Crippen molar-refractivity contribution in [2.75, 3.05) is 7.05 Å². The molecule has 1 aliphatic rings. The van der Waals surface area contributed by atoms with Crippen LogP contribution in [0.4, 0.5) is 0 Å². The van der Waals surface area contributed by atoms with Gasteiger partial charge in [-0.1, -0.05) is 12.8 Å². The van der Waals surface area contributed by atoms with Gasteiger partial charge in [0.15, 0.2) is 0 Å². The van der Waals surface area contributed by atoms with E-state index in [1.54, 1.807) is 19.0 Å². The average molecular weight is 291 g/mol. The Bertz CT molecular complexity index is 678. The Morgan fingerprint density at radius 2 is 1.90 bits per heavy atom. The van der Waals surface area contributed by atoms with E-state index in [2.05, 4.69) is 0 Å². The van der Waals surface area contributed by atoms with Gasteiger partial charge >= 0.3 is 5.69 Å². The van der Waals surface area contributed by atoms with E-state index >= 15 is 0 Å². The van der Waals surface area contributed by atoms with Crippen molar-refractivity contribution < 1.29 is 4.79 Å². The molecule has 0 spiro atoms. The summed E-state index contributed by atoms with van der Waals surface area (Å²) < 4.78 is 2.36. The number of carbonyl (C=O) groups is 1. The monoisotopic (exact) mass is 291 g/mol. The van der Waals surface area contributed by atoms with Crippen molar-refractivity contribution in [1.29, 1.82) is 0 Å². The highest BCUT2D eigenvalue weighted by Gasteiger charge is 2.21. The van der Waals surface area contributed by atoms with Crippen molar-refractivity contribution in [1.82, 2.24) is 14.0 Å². The first kappa shape index (κ1) is 15.3. The number of carbonyl (C=O) groups excluding carboxylic acids is 1. The SMILES string of the molecule is CN(C(=O)/C=C/c1cn(C)c(=O)n(C)c1=O)C1CCCC1. The summed E-state index contributed by atoms with van der Waals surface area (Å²) in [5, 5.41) is 0. The summed E-state index contributed by atoms with van der Waals surface area (Å²) in [6, 6.07) is 0.296. The molecule has 0 unspecified atom stereocenters.